The van der Waals surface area contributed by atoms with E-state index in [2.05, 4.69) is 5.32 Å². The summed E-state index contributed by atoms with van der Waals surface area (Å²) in [5.74, 6) is 1.34. The zero-order chi connectivity index (χ0) is 24.4. The highest BCUT2D eigenvalue weighted by molar-refractivity contribution is 5.95. The third-order valence-electron chi connectivity index (χ3n) is 6.68. The molecule has 35 heavy (non-hydrogen) atoms. The first-order valence-electron chi connectivity index (χ1n) is 11.7. The van der Waals surface area contributed by atoms with Crippen molar-refractivity contribution in [2.45, 2.75) is 19.4 Å². The molecule has 7 nitrogen and oxygen atoms in total. The van der Waals surface area contributed by atoms with E-state index in [0.29, 0.717) is 36.7 Å². The van der Waals surface area contributed by atoms with Gasteiger partial charge in [0.25, 0.3) is 5.91 Å². The maximum absolute atomic E-state index is 13.4. The normalized spacial score (nSPS) is 18.4. The minimum Gasteiger partial charge on any atom is -0.496 e. The summed E-state index contributed by atoms with van der Waals surface area (Å²) in [5, 5.41) is 3.06. The molecule has 1 saturated heterocycles. The summed E-state index contributed by atoms with van der Waals surface area (Å²) in [7, 11) is 1.62. The summed E-state index contributed by atoms with van der Waals surface area (Å²) in [6.45, 7) is 3.33. The molecule has 0 unspecified atom stereocenters. The third-order valence-corrected chi connectivity index (χ3v) is 6.68. The van der Waals surface area contributed by atoms with Gasteiger partial charge in [0.2, 0.25) is 12.7 Å². The Morgan fingerprint density at radius 1 is 1.00 bits per heavy atom. The molecule has 1 N–H and O–H groups in total. The Bertz CT molecular complexity index is 1240. The Morgan fingerprint density at radius 3 is 2.57 bits per heavy atom. The van der Waals surface area contributed by atoms with E-state index in [1.165, 1.54) is 0 Å². The Kier molecular flexibility index (Phi) is 6.31. The summed E-state index contributed by atoms with van der Waals surface area (Å²) in [4.78, 5) is 28.5. The van der Waals surface area contributed by atoms with E-state index in [4.69, 9.17) is 14.2 Å². The lowest BCUT2D eigenvalue weighted by Gasteiger charge is -2.20. The van der Waals surface area contributed by atoms with Gasteiger partial charge in [0.1, 0.15) is 5.75 Å². The van der Waals surface area contributed by atoms with Gasteiger partial charge in [-0.05, 0) is 48.4 Å². The van der Waals surface area contributed by atoms with Gasteiger partial charge in [0.15, 0.2) is 11.5 Å². The van der Waals surface area contributed by atoms with E-state index in [9.17, 15) is 9.59 Å². The minimum absolute atomic E-state index is 0.0732. The first-order chi connectivity index (χ1) is 17.0. The molecule has 180 valence electrons. The number of carbonyl (C=O) groups is 2. The number of carbonyl (C=O) groups excluding carboxylic acids is 2. The molecule has 2 aliphatic heterocycles. The zero-order valence-electron chi connectivity index (χ0n) is 19.8. The van der Waals surface area contributed by atoms with Crippen molar-refractivity contribution in [3.05, 3.63) is 89.0 Å². The first kappa shape index (κ1) is 22.8. The number of benzene rings is 3. The highest BCUT2D eigenvalue weighted by Crippen LogP contribution is 2.38. The topological polar surface area (TPSA) is 77.1 Å². The van der Waals surface area contributed by atoms with Gasteiger partial charge >= 0.3 is 0 Å². The summed E-state index contributed by atoms with van der Waals surface area (Å²) in [5.41, 5.74) is 3.56. The Hall–Kier alpha value is -4.00. The van der Waals surface area contributed by atoms with Crippen molar-refractivity contribution in [1.82, 2.24) is 10.2 Å². The van der Waals surface area contributed by atoms with E-state index in [1.807, 2.05) is 73.7 Å². The van der Waals surface area contributed by atoms with Crippen LogP contribution in [0.25, 0.3) is 0 Å². The molecule has 2 heterocycles. The quantitative estimate of drug-likeness (QED) is 0.589. The number of hydrogen-bond donors (Lipinski definition) is 1. The van der Waals surface area contributed by atoms with Crippen LogP contribution in [0.5, 0.6) is 17.2 Å². The Labute approximate surface area is 204 Å². The average molecular weight is 473 g/mol. The van der Waals surface area contributed by atoms with Crippen molar-refractivity contribution in [2.75, 3.05) is 27.0 Å². The molecule has 2 amide bonds. The average Bonchev–Trinajstić information content (AvgIpc) is 3.54. The Morgan fingerprint density at radius 2 is 1.77 bits per heavy atom. The van der Waals surface area contributed by atoms with Gasteiger partial charge in [0, 0.05) is 31.1 Å². The number of likely N-dealkylation sites (tertiary alicyclic amines) is 1. The van der Waals surface area contributed by atoms with E-state index >= 15 is 0 Å². The lowest BCUT2D eigenvalue weighted by Crippen LogP contribution is -2.35. The van der Waals surface area contributed by atoms with Crippen LogP contribution in [0, 0.1) is 12.8 Å². The number of nitrogens with one attached hydrogen (secondary N) is 1. The van der Waals surface area contributed by atoms with Crippen LogP contribution < -0.4 is 19.5 Å². The maximum Gasteiger partial charge on any atom is 0.253 e. The van der Waals surface area contributed by atoms with Gasteiger partial charge in [-0.15, -0.1) is 0 Å². The van der Waals surface area contributed by atoms with Crippen molar-refractivity contribution < 1.29 is 23.8 Å². The molecule has 3 aromatic carbocycles. The number of para-hydroxylation sites is 1. The van der Waals surface area contributed by atoms with Crippen molar-refractivity contribution in [1.29, 1.82) is 0 Å². The van der Waals surface area contributed by atoms with Crippen molar-refractivity contribution in [3.63, 3.8) is 0 Å². The predicted molar refractivity (Wildman–Crippen MR) is 131 cm³/mol. The summed E-state index contributed by atoms with van der Waals surface area (Å²) >= 11 is 0. The van der Waals surface area contributed by atoms with Gasteiger partial charge in [-0.25, -0.2) is 0 Å². The Balaban J connectivity index is 1.36. The number of aryl methyl sites for hydroxylation is 1. The van der Waals surface area contributed by atoms with Gasteiger partial charge in [-0.3, -0.25) is 9.59 Å². The molecule has 7 heteroatoms. The second-order valence-electron chi connectivity index (χ2n) is 8.94. The van der Waals surface area contributed by atoms with E-state index < -0.39 is 5.92 Å². The van der Waals surface area contributed by atoms with E-state index in [0.717, 1.165) is 22.4 Å². The van der Waals surface area contributed by atoms with Gasteiger partial charge in [-0.1, -0.05) is 42.0 Å². The first-order valence-corrected chi connectivity index (χ1v) is 11.7. The molecule has 0 saturated carbocycles. The van der Waals surface area contributed by atoms with Crippen LogP contribution in [-0.2, 0) is 11.3 Å². The second kappa shape index (κ2) is 9.70. The molecule has 0 spiro atoms. The van der Waals surface area contributed by atoms with Crippen LogP contribution in [-0.4, -0.2) is 43.7 Å². The van der Waals surface area contributed by atoms with Crippen LogP contribution in [0.2, 0.25) is 0 Å². The van der Waals surface area contributed by atoms with Crippen LogP contribution in [0.4, 0.5) is 0 Å². The molecule has 0 aromatic heterocycles. The molecule has 2 aliphatic rings. The number of fused-ring (bicyclic) bond motifs is 1. The maximum atomic E-state index is 13.4. The number of ether oxygens (including phenoxy) is 3. The molecule has 0 aliphatic carbocycles. The van der Waals surface area contributed by atoms with Crippen molar-refractivity contribution in [2.24, 2.45) is 5.92 Å². The SMILES string of the molecule is COc1ccccc1[C@@H]1CN(C(=O)c2ccc(C)cc2)C[C@@H]1C(=O)NCc1ccc2c(c1)OCO2. The number of rotatable bonds is 6. The molecule has 2 atom stereocenters. The molecule has 0 bridgehead atoms. The number of methoxy groups -OCH3 is 1. The van der Waals surface area contributed by atoms with Crippen LogP contribution in [0.15, 0.2) is 66.7 Å². The largest absolute Gasteiger partial charge is 0.496 e. The molecular weight excluding hydrogens is 444 g/mol. The van der Waals surface area contributed by atoms with Crippen LogP contribution >= 0.6 is 0 Å². The highest BCUT2D eigenvalue weighted by Gasteiger charge is 2.41. The zero-order valence-corrected chi connectivity index (χ0v) is 19.8. The number of amides is 2. The van der Waals surface area contributed by atoms with Gasteiger partial charge in [-0.2, -0.15) is 0 Å². The van der Waals surface area contributed by atoms with Gasteiger partial charge < -0.3 is 24.4 Å². The minimum atomic E-state index is -0.408. The highest BCUT2D eigenvalue weighted by atomic mass is 16.7. The fraction of sp³-hybridized carbons (Fsp3) is 0.286. The predicted octanol–water partition coefficient (Wildman–Crippen LogP) is 3.90. The molecular formula is C28H28N2O5. The van der Waals surface area contributed by atoms with Crippen LogP contribution in [0.3, 0.4) is 0 Å². The number of hydrogen-bond acceptors (Lipinski definition) is 5. The molecule has 0 radical (unpaired) electrons. The monoisotopic (exact) mass is 472 g/mol. The fourth-order valence-electron chi connectivity index (χ4n) is 4.77. The van der Waals surface area contributed by atoms with Gasteiger partial charge in [0.05, 0.1) is 13.0 Å². The molecule has 3 aromatic rings. The standard InChI is InChI=1S/C28H28N2O5/c1-18-7-10-20(11-8-18)28(32)30-15-22(21-5-3-4-6-24(21)33-2)23(16-30)27(31)29-14-19-9-12-25-26(13-19)35-17-34-25/h3-13,22-23H,14-17H2,1-2H3,(H,29,31)/t22-,23-/m0/s1. The summed E-state index contributed by atoms with van der Waals surface area (Å²) in [6, 6.07) is 20.9. The second-order valence-corrected chi connectivity index (χ2v) is 8.94. The lowest BCUT2D eigenvalue weighted by atomic mass is 9.87. The summed E-state index contributed by atoms with van der Waals surface area (Å²) in [6.07, 6.45) is 0. The van der Waals surface area contributed by atoms with Crippen molar-refractivity contribution in [3.8, 4) is 17.2 Å². The van der Waals surface area contributed by atoms with Crippen LogP contribution in [0.1, 0.15) is 33.0 Å². The lowest BCUT2D eigenvalue weighted by molar-refractivity contribution is -0.125. The van der Waals surface area contributed by atoms with E-state index in [-0.39, 0.29) is 24.5 Å². The van der Waals surface area contributed by atoms with Crippen molar-refractivity contribution >= 4 is 11.8 Å². The summed E-state index contributed by atoms with van der Waals surface area (Å²) < 4.78 is 16.4. The molecule has 5 rings (SSSR count). The fourth-order valence-corrected chi connectivity index (χ4v) is 4.77. The third kappa shape index (κ3) is 4.67. The smallest absolute Gasteiger partial charge is 0.253 e. The number of nitrogens with zero attached hydrogens (tertiary/aromatic N) is 1. The molecule has 1 fully saturated rings. The van der Waals surface area contributed by atoms with E-state index in [1.54, 1.807) is 12.0 Å².